The summed E-state index contributed by atoms with van der Waals surface area (Å²) in [5, 5.41) is 9.27. The second kappa shape index (κ2) is 4.10. The van der Waals surface area contributed by atoms with Crippen LogP contribution in [0.25, 0.3) is 0 Å². The predicted octanol–water partition coefficient (Wildman–Crippen LogP) is 2.73. The summed E-state index contributed by atoms with van der Waals surface area (Å²) >= 11 is 0. The summed E-state index contributed by atoms with van der Waals surface area (Å²) in [6.45, 7) is 2.63. The van der Waals surface area contributed by atoms with E-state index in [1.54, 1.807) is 0 Å². The molecule has 1 N–H and O–H groups in total. The van der Waals surface area contributed by atoms with E-state index in [1.807, 2.05) is 0 Å². The average molecular weight is 156 g/mol. The van der Waals surface area contributed by atoms with Crippen LogP contribution in [0.5, 0.6) is 0 Å². The molecule has 0 aromatic heterocycles. The Morgan fingerprint density at radius 1 is 1.18 bits per heavy atom. The average Bonchev–Trinajstić information content (AvgIpc) is 2.07. The van der Waals surface area contributed by atoms with E-state index < -0.39 is 0 Å². The van der Waals surface area contributed by atoms with Gasteiger partial charge in [-0.3, -0.25) is 0 Å². The van der Waals surface area contributed by atoms with E-state index in [0.29, 0.717) is 12.0 Å². The minimum absolute atomic E-state index is 0.326. The monoisotopic (exact) mass is 156 g/mol. The molecule has 1 nitrogen and oxygen atoms in total. The highest BCUT2D eigenvalue weighted by Crippen LogP contribution is 2.39. The number of rotatable bonds is 3. The van der Waals surface area contributed by atoms with Crippen molar-refractivity contribution in [1.82, 2.24) is 0 Å². The Hall–Kier alpha value is -0.0400. The van der Waals surface area contributed by atoms with E-state index in [4.69, 9.17) is 0 Å². The van der Waals surface area contributed by atoms with Gasteiger partial charge in [0.25, 0.3) is 0 Å². The zero-order chi connectivity index (χ0) is 8.16. The molecule has 1 saturated carbocycles. The molecule has 0 unspecified atom stereocenters. The Morgan fingerprint density at radius 3 is 2.27 bits per heavy atom. The van der Waals surface area contributed by atoms with Crippen LogP contribution in [0.1, 0.15) is 51.9 Å². The standard InChI is InChI=1S/C10H20O/c1-2-6-10(9-11)7-4-3-5-8-10/h11H,2-9H2,1H3. The van der Waals surface area contributed by atoms with Crippen LogP contribution in [0.3, 0.4) is 0 Å². The molecule has 0 aromatic carbocycles. The van der Waals surface area contributed by atoms with Crippen LogP contribution in [-0.2, 0) is 0 Å². The van der Waals surface area contributed by atoms with Crippen LogP contribution >= 0.6 is 0 Å². The molecular formula is C10H20O. The van der Waals surface area contributed by atoms with Gasteiger partial charge in [-0.25, -0.2) is 0 Å². The first-order valence-electron chi connectivity index (χ1n) is 4.94. The van der Waals surface area contributed by atoms with Crippen molar-refractivity contribution < 1.29 is 5.11 Å². The van der Waals surface area contributed by atoms with Gasteiger partial charge in [-0.1, -0.05) is 32.6 Å². The molecule has 0 aromatic rings. The van der Waals surface area contributed by atoms with Gasteiger partial charge in [-0.15, -0.1) is 0 Å². The number of hydrogen-bond donors (Lipinski definition) is 1. The maximum atomic E-state index is 9.27. The van der Waals surface area contributed by atoms with Crippen molar-refractivity contribution in [1.29, 1.82) is 0 Å². The van der Waals surface area contributed by atoms with Crippen LogP contribution in [0.2, 0.25) is 0 Å². The number of hydrogen-bond acceptors (Lipinski definition) is 1. The zero-order valence-electron chi connectivity index (χ0n) is 7.60. The lowest BCUT2D eigenvalue weighted by molar-refractivity contribution is 0.0727. The van der Waals surface area contributed by atoms with E-state index in [9.17, 15) is 5.11 Å². The third-order valence-corrected chi connectivity index (χ3v) is 3.03. The van der Waals surface area contributed by atoms with Gasteiger partial charge in [0.15, 0.2) is 0 Å². The largest absolute Gasteiger partial charge is 0.396 e. The van der Waals surface area contributed by atoms with Gasteiger partial charge in [0.2, 0.25) is 0 Å². The second-order valence-electron chi connectivity index (χ2n) is 3.97. The molecule has 0 heterocycles. The van der Waals surface area contributed by atoms with Crippen LogP contribution in [0.4, 0.5) is 0 Å². The van der Waals surface area contributed by atoms with Crippen molar-refractivity contribution in [3.63, 3.8) is 0 Å². The minimum atomic E-state index is 0.326. The molecule has 66 valence electrons. The molecule has 0 aliphatic heterocycles. The van der Waals surface area contributed by atoms with Gasteiger partial charge in [0, 0.05) is 6.61 Å². The van der Waals surface area contributed by atoms with Crippen LogP contribution < -0.4 is 0 Å². The Balaban J connectivity index is 2.42. The Bertz CT molecular complexity index is 97.9. The second-order valence-corrected chi connectivity index (χ2v) is 3.97. The molecule has 0 spiro atoms. The van der Waals surface area contributed by atoms with Gasteiger partial charge < -0.3 is 5.11 Å². The lowest BCUT2D eigenvalue weighted by Gasteiger charge is -2.35. The summed E-state index contributed by atoms with van der Waals surface area (Å²) in [7, 11) is 0. The van der Waals surface area contributed by atoms with Crippen LogP contribution in [0, 0.1) is 5.41 Å². The van der Waals surface area contributed by atoms with Crippen molar-refractivity contribution in [3.8, 4) is 0 Å². The molecule has 0 amide bonds. The number of aliphatic hydroxyl groups is 1. The van der Waals surface area contributed by atoms with Crippen molar-refractivity contribution in [2.24, 2.45) is 5.41 Å². The lowest BCUT2D eigenvalue weighted by atomic mass is 9.72. The topological polar surface area (TPSA) is 20.2 Å². The maximum Gasteiger partial charge on any atom is 0.0487 e. The molecular weight excluding hydrogens is 136 g/mol. The zero-order valence-corrected chi connectivity index (χ0v) is 7.60. The first kappa shape index (κ1) is 9.05. The Morgan fingerprint density at radius 2 is 1.82 bits per heavy atom. The van der Waals surface area contributed by atoms with Crippen molar-refractivity contribution in [2.45, 2.75) is 51.9 Å². The van der Waals surface area contributed by atoms with E-state index in [-0.39, 0.29) is 0 Å². The maximum absolute atomic E-state index is 9.27. The summed E-state index contributed by atoms with van der Waals surface area (Å²) in [6.07, 6.45) is 9.02. The summed E-state index contributed by atoms with van der Waals surface area (Å²) in [5.41, 5.74) is 0.326. The molecule has 0 bridgehead atoms. The molecule has 0 atom stereocenters. The summed E-state index contributed by atoms with van der Waals surface area (Å²) in [6, 6.07) is 0. The Labute approximate surface area is 69.8 Å². The van der Waals surface area contributed by atoms with Gasteiger partial charge >= 0.3 is 0 Å². The molecule has 11 heavy (non-hydrogen) atoms. The molecule has 1 fully saturated rings. The van der Waals surface area contributed by atoms with Crippen molar-refractivity contribution in [2.75, 3.05) is 6.61 Å². The van der Waals surface area contributed by atoms with E-state index in [0.717, 1.165) is 0 Å². The summed E-state index contributed by atoms with van der Waals surface area (Å²) in [4.78, 5) is 0. The predicted molar refractivity (Wildman–Crippen MR) is 47.5 cm³/mol. The van der Waals surface area contributed by atoms with Gasteiger partial charge in [-0.2, -0.15) is 0 Å². The van der Waals surface area contributed by atoms with E-state index >= 15 is 0 Å². The number of aliphatic hydroxyl groups excluding tert-OH is 1. The van der Waals surface area contributed by atoms with Crippen molar-refractivity contribution in [3.05, 3.63) is 0 Å². The fourth-order valence-electron chi connectivity index (χ4n) is 2.32. The molecule has 0 radical (unpaired) electrons. The SMILES string of the molecule is CCCC1(CO)CCCCC1. The fourth-order valence-corrected chi connectivity index (χ4v) is 2.32. The van der Waals surface area contributed by atoms with Crippen LogP contribution in [-0.4, -0.2) is 11.7 Å². The van der Waals surface area contributed by atoms with E-state index in [1.165, 1.54) is 44.9 Å². The third-order valence-electron chi connectivity index (χ3n) is 3.03. The highest BCUT2D eigenvalue weighted by Gasteiger charge is 2.29. The molecule has 1 heteroatoms. The molecule has 1 aliphatic carbocycles. The van der Waals surface area contributed by atoms with Gasteiger partial charge in [0.1, 0.15) is 0 Å². The van der Waals surface area contributed by atoms with Crippen molar-refractivity contribution >= 4 is 0 Å². The molecule has 1 rings (SSSR count). The first-order chi connectivity index (χ1) is 5.33. The quantitative estimate of drug-likeness (QED) is 0.666. The fraction of sp³-hybridized carbons (Fsp3) is 1.00. The summed E-state index contributed by atoms with van der Waals surface area (Å²) in [5.74, 6) is 0. The van der Waals surface area contributed by atoms with Crippen LogP contribution in [0.15, 0.2) is 0 Å². The van der Waals surface area contributed by atoms with Gasteiger partial charge in [0.05, 0.1) is 0 Å². The molecule has 1 aliphatic rings. The summed E-state index contributed by atoms with van der Waals surface area (Å²) < 4.78 is 0. The lowest BCUT2D eigenvalue weighted by Crippen LogP contribution is -2.27. The smallest absolute Gasteiger partial charge is 0.0487 e. The Kier molecular flexibility index (Phi) is 3.38. The minimum Gasteiger partial charge on any atom is -0.396 e. The molecule has 0 saturated heterocycles. The first-order valence-corrected chi connectivity index (χ1v) is 4.94. The highest BCUT2D eigenvalue weighted by atomic mass is 16.3. The van der Waals surface area contributed by atoms with Gasteiger partial charge in [-0.05, 0) is 24.7 Å². The normalized spacial score (nSPS) is 23.5. The van der Waals surface area contributed by atoms with E-state index in [2.05, 4.69) is 6.92 Å². The third kappa shape index (κ3) is 2.19. The highest BCUT2D eigenvalue weighted by molar-refractivity contribution is 4.81.